The molecule has 0 heterocycles. The summed E-state index contributed by atoms with van der Waals surface area (Å²) in [5.74, 6) is -3.33. The SMILES string of the molecule is CC(=O)O.CC(=O)O.CC(=O)O.CC(=O)O.O=C(S)[C@@H](O)[C@@H](O)[C@H](O)[C@H](O)CO. The minimum absolute atomic E-state index is 0.786. The number of aliphatic hydroxyl groups is 5. The fraction of sp³-hybridized carbons (Fsp3) is 0.643. The van der Waals surface area contributed by atoms with Crippen LogP contribution in [0.15, 0.2) is 0 Å². The molecule has 0 rings (SSSR count). The van der Waals surface area contributed by atoms with Gasteiger partial charge in [0.05, 0.1) is 6.61 Å². The Hall–Kier alpha value is -2.30. The molecule has 0 aromatic heterocycles. The molecule has 0 spiro atoms. The van der Waals surface area contributed by atoms with E-state index in [0.29, 0.717) is 0 Å². The second-order valence-corrected chi connectivity index (χ2v) is 5.03. The van der Waals surface area contributed by atoms with Gasteiger partial charge in [0.2, 0.25) is 5.12 Å². The summed E-state index contributed by atoms with van der Waals surface area (Å²) in [5, 5.41) is 72.7. The van der Waals surface area contributed by atoms with Crippen molar-refractivity contribution in [1.82, 2.24) is 0 Å². The Morgan fingerprint density at radius 1 is 0.655 bits per heavy atom. The first kappa shape index (κ1) is 37.5. The predicted molar refractivity (Wildman–Crippen MR) is 98.3 cm³/mol. The zero-order valence-electron chi connectivity index (χ0n) is 16.0. The van der Waals surface area contributed by atoms with Crippen molar-refractivity contribution in [3.05, 3.63) is 0 Å². The first-order valence-electron chi connectivity index (χ1n) is 7.18. The summed E-state index contributed by atoms with van der Waals surface area (Å²) in [5.41, 5.74) is 0. The third-order valence-corrected chi connectivity index (χ3v) is 1.77. The van der Waals surface area contributed by atoms with E-state index >= 15 is 0 Å². The van der Waals surface area contributed by atoms with E-state index in [-0.39, 0.29) is 0 Å². The molecule has 9 N–H and O–H groups in total. The third-order valence-electron chi connectivity index (χ3n) is 1.51. The van der Waals surface area contributed by atoms with E-state index < -0.39 is 60.0 Å². The topological polar surface area (TPSA) is 267 Å². The van der Waals surface area contributed by atoms with Crippen LogP contribution in [0.2, 0.25) is 0 Å². The van der Waals surface area contributed by atoms with Gasteiger partial charge in [-0.2, -0.15) is 0 Å². The molecule has 0 fully saturated rings. The maximum atomic E-state index is 10.4. The molecule has 4 atom stereocenters. The maximum absolute atomic E-state index is 10.4. The number of hydrogen-bond donors (Lipinski definition) is 10. The van der Waals surface area contributed by atoms with Crippen molar-refractivity contribution >= 4 is 41.6 Å². The monoisotopic (exact) mass is 452 g/mol. The van der Waals surface area contributed by atoms with Gasteiger partial charge in [-0.25, -0.2) is 0 Å². The molecule has 0 saturated carbocycles. The average Bonchev–Trinajstić information content (AvgIpc) is 2.49. The Morgan fingerprint density at radius 2 is 0.862 bits per heavy atom. The van der Waals surface area contributed by atoms with Crippen molar-refractivity contribution in [1.29, 1.82) is 0 Å². The number of carboxylic acids is 4. The van der Waals surface area contributed by atoms with Crippen molar-refractivity contribution in [2.45, 2.75) is 52.1 Å². The number of aliphatic hydroxyl groups excluding tert-OH is 5. The van der Waals surface area contributed by atoms with E-state index in [1.807, 2.05) is 0 Å². The highest BCUT2D eigenvalue weighted by atomic mass is 32.1. The largest absolute Gasteiger partial charge is 0.481 e. The molecule has 15 heteroatoms. The zero-order valence-corrected chi connectivity index (χ0v) is 16.9. The number of thiol groups is 1. The highest BCUT2D eigenvalue weighted by Crippen LogP contribution is 2.06. The lowest BCUT2D eigenvalue weighted by molar-refractivity contribution is -0.139. The summed E-state index contributed by atoms with van der Waals surface area (Å²) in [7, 11) is 0. The van der Waals surface area contributed by atoms with Crippen LogP contribution in [0.4, 0.5) is 0 Å². The van der Waals surface area contributed by atoms with E-state index in [0.717, 1.165) is 27.7 Å². The highest BCUT2D eigenvalue weighted by molar-refractivity contribution is 7.96. The fourth-order valence-corrected chi connectivity index (χ4v) is 0.821. The number of carbonyl (C=O) groups excluding carboxylic acids is 1. The van der Waals surface area contributed by atoms with Crippen molar-refractivity contribution in [2.75, 3.05) is 6.61 Å². The molecule has 0 amide bonds. The number of rotatable bonds is 5. The van der Waals surface area contributed by atoms with Gasteiger partial charge in [0.15, 0.2) is 6.10 Å². The van der Waals surface area contributed by atoms with Gasteiger partial charge in [-0.3, -0.25) is 24.0 Å². The third kappa shape index (κ3) is 58.6. The lowest BCUT2D eigenvalue weighted by Gasteiger charge is -2.23. The number of carbonyl (C=O) groups is 5. The zero-order chi connectivity index (χ0) is 24.9. The van der Waals surface area contributed by atoms with Crippen LogP contribution >= 0.6 is 12.6 Å². The van der Waals surface area contributed by atoms with Crippen LogP contribution in [-0.4, -0.2) is 106 Å². The van der Waals surface area contributed by atoms with Gasteiger partial charge in [0, 0.05) is 27.7 Å². The Morgan fingerprint density at radius 3 is 1.00 bits per heavy atom. The van der Waals surface area contributed by atoms with Gasteiger partial charge in [0.25, 0.3) is 23.9 Å². The van der Waals surface area contributed by atoms with Crippen LogP contribution in [0.3, 0.4) is 0 Å². The summed E-state index contributed by atoms with van der Waals surface area (Å²) in [4.78, 5) is 46.4. The van der Waals surface area contributed by atoms with Gasteiger partial charge in [-0.05, 0) is 0 Å². The first-order valence-corrected chi connectivity index (χ1v) is 7.63. The molecular formula is C14H28O14S. The summed E-state index contributed by atoms with van der Waals surface area (Å²) < 4.78 is 0. The molecule has 0 bridgehead atoms. The van der Waals surface area contributed by atoms with E-state index in [1.54, 1.807) is 0 Å². The number of hydrogen-bond acceptors (Lipinski definition) is 10. The smallest absolute Gasteiger partial charge is 0.300 e. The van der Waals surface area contributed by atoms with Gasteiger partial charge in [-0.15, -0.1) is 12.6 Å². The number of carboxylic acid groups (broad SMARTS) is 4. The highest BCUT2D eigenvalue weighted by Gasteiger charge is 2.32. The summed E-state index contributed by atoms with van der Waals surface area (Å²) in [6.45, 7) is 3.55. The fourth-order valence-electron chi connectivity index (χ4n) is 0.668. The lowest BCUT2D eigenvalue weighted by atomic mass is 10.0. The molecule has 29 heavy (non-hydrogen) atoms. The molecule has 14 nitrogen and oxygen atoms in total. The molecule has 174 valence electrons. The second kappa shape index (κ2) is 23.7. The van der Waals surface area contributed by atoms with Crippen LogP contribution in [0, 0.1) is 0 Å². The molecule has 0 unspecified atom stereocenters. The molecule has 0 aromatic carbocycles. The Bertz CT molecular complexity index is 417. The summed E-state index contributed by atoms with van der Waals surface area (Å²) >= 11 is 3.22. The van der Waals surface area contributed by atoms with Crippen molar-refractivity contribution < 1.29 is 69.9 Å². The molecule has 0 saturated heterocycles. The molecular weight excluding hydrogens is 424 g/mol. The molecule has 0 aliphatic heterocycles. The van der Waals surface area contributed by atoms with Crippen LogP contribution in [0.1, 0.15) is 27.7 Å². The average molecular weight is 452 g/mol. The molecule has 0 aromatic rings. The quantitative estimate of drug-likeness (QED) is 0.189. The van der Waals surface area contributed by atoms with Gasteiger partial charge in [-0.1, -0.05) is 0 Å². The standard InChI is InChI=1S/C6H12O6S.4C2H4O2/c7-1-2(8)3(9)4(10)5(11)6(12)13;4*1-2(3)4/h2-5,7-11H,1H2,(H,12,13);4*1H3,(H,3,4)/t2-,3-,4+,5+;;;;/m1..../s1. The molecule has 0 radical (unpaired) electrons. The van der Waals surface area contributed by atoms with Crippen LogP contribution in [-0.2, 0) is 24.0 Å². The summed E-state index contributed by atoms with van der Waals surface area (Å²) in [6, 6.07) is 0. The van der Waals surface area contributed by atoms with Crippen molar-refractivity contribution in [3.8, 4) is 0 Å². The Labute approximate surface area is 171 Å². The van der Waals surface area contributed by atoms with Gasteiger partial charge in [0.1, 0.15) is 18.3 Å². The van der Waals surface area contributed by atoms with Crippen molar-refractivity contribution in [3.63, 3.8) is 0 Å². The summed E-state index contributed by atoms with van der Waals surface area (Å²) in [6.07, 6.45) is -7.17. The normalized spacial score (nSPS) is 12.6. The van der Waals surface area contributed by atoms with Crippen LogP contribution in [0.5, 0.6) is 0 Å². The van der Waals surface area contributed by atoms with Gasteiger partial charge < -0.3 is 46.0 Å². The Balaban J connectivity index is -0.0000000984. The Kier molecular flexibility index (Phi) is 30.7. The minimum Gasteiger partial charge on any atom is -0.481 e. The van der Waals surface area contributed by atoms with Crippen LogP contribution in [0.25, 0.3) is 0 Å². The minimum atomic E-state index is -1.89. The van der Waals surface area contributed by atoms with E-state index in [9.17, 15) is 4.79 Å². The maximum Gasteiger partial charge on any atom is 0.300 e. The van der Waals surface area contributed by atoms with Crippen molar-refractivity contribution in [2.24, 2.45) is 0 Å². The van der Waals surface area contributed by atoms with Crippen LogP contribution < -0.4 is 0 Å². The molecule has 0 aliphatic carbocycles. The molecule has 0 aliphatic rings. The van der Waals surface area contributed by atoms with E-state index in [1.165, 1.54) is 0 Å². The van der Waals surface area contributed by atoms with E-state index in [4.69, 9.17) is 65.1 Å². The van der Waals surface area contributed by atoms with Gasteiger partial charge >= 0.3 is 0 Å². The first-order chi connectivity index (χ1) is 12.8. The lowest BCUT2D eigenvalue weighted by Crippen LogP contribution is -2.47. The predicted octanol–water partition coefficient (Wildman–Crippen LogP) is -2.76. The second-order valence-electron chi connectivity index (χ2n) is 4.59. The number of aliphatic carboxylic acids is 4. The van der Waals surface area contributed by atoms with E-state index in [2.05, 4.69) is 12.6 Å².